The van der Waals surface area contributed by atoms with Crippen molar-refractivity contribution in [3.63, 3.8) is 0 Å². The first-order chi connectivity index (χ1) is 9.08. The zero-order chi connectivity index (χ0) is 13.8. The molecule has 1 atom stereocenters. The van der Waals surface area contributed by atoms with Gasteiger partial charge in [0.2, 0.25) is 0 Å². The second-order valence-electron chi connectivity index (χ2n) is 5.29. The summed E-state index contributed by atoms with van der Waals surface area (Å²) < 4.78 is 13.5. The minimum Gasteiger partial charge on any atom is -0.346 e. The number of anilines is 1. The van der Waals surface area contributed by atoms with Crippen LogP contribution in [0, 0.1) is 12.7 Å². The number of benzene rings is 1. The predicted octanol–water partition coefficient (Wildman–Crippen LogP) is 4.10. The van der Waals surface area contributed by atoms with Gasteiger partial charge in [-0.15, -0.1) is 0 Å². The molecule has 0 saturated carbocycles. The molecule has 1 N–H and O–H groups in total. The molecular formula is C15H21FN2S. The van der Waals surface area contributed by atoms with Crippen molar-refractivity contribution in [3.05, 3.63) is 29.6 Å². The molecule has 1 aliphatic heterocycles. The van der Waals surface area contributed by atoms with Crippen LogP contribution in [0.5, 0.6) is 0 Å². The second kappa shape index (κ2) is 6.33. The Balaban J connectivity index is 2.04. The number of nitrogens with zero attached hydrogens (tertiary/aromatic N) is 1. The monoisotopic (exact) mass is 280 g/mol. The number of hydrogen-bond donors (Lipinski definition) is 1. The van der Waals surface area contributed by atoms with Gasteiger partial charge < -0.3 is 10.2 Å². The molecule has 19 heavy (non-hydrogen) atoms. The lowest BCUT2D eigenvalue weighted by Gasteiger charge is -2.30. The Morgan fingerprint density at radius 1 is 1.37 bits per heavy atom. The molecule has 0 aromatic heterocycles. The summed E-state index contributed by atoms with van der Waals surface area (Å²) in [7, 11) is 0. The SMILES string of the molecule is Cc1ccc(NC(=S)N2CCCCCC2C)cc1F. The first kappa shape index (κ1) is 14.3. The zero-order valence-electron chi connectivity index (χ0n) is 11.6. The van der Waals surface area contributed by atoms with Crippen LogP contribution in [0.15, 0.2) is 18.2 Å². The van der Waals surface area contributed by atoms with Crippen molar-refractivity contribution in [2.75, 3.05) is 11.9 Å². The average molecular weight is 280 g/mol. The highest BCUT2D eigenvalue weighted by atomic mass is 32.1. The quantitative estimate of drug-likeness (QED) is 0.780. The molecule has 1 unspecified atom stereocenters. The van der Waals surface area contributed by atoms with Crippen molar-refractivity contribution in [3.8, 4) is 0 Å². The van der Waals surface area contributed by atoms with Crippen molar-refractivity contribution in [2.24, 2.45) is 0 Å². The Hall–Kier alpha value is -1.16. The third-order valence-electron chi connectivity index (χ3n) is 3.74. The van der Waals surface area contributed by atoms with Gasteiger partial charge in [-0.3, -0.25) is 0 Å². The van der Waals surface area contributed by atoms with Gasteiger partial charge >= 0.3 is 0 Å². The summed E-state index contributed by atoms with van der Waals surface area (Å²) in [6.07, 6.45) is 4.88. The van der Waals surface area contributed by atoms with E-state index < -0.39 is 0 Å². The van der Waals surface area contributed by atoms with Gasteiger partial charge in [0.15, 0.2) is 5.11 Å². The van der Waals surface area contributed by atoms with Crippen LogP contribution in [-0.2, 0) is 0 Å². The fourth-order valence-electron chi connectivity index (χ4n) is 2.44. The summed E-state index contributed by atoms with van der Waals surface area (Å²) in [6.45, 7) is 4.95. The van der Waals surface area contributed by atoms with Crippen LogP contribution in [0.2, 0.25) is 0 Å². The molecule has 0 bridgehead atoms. The van der Waals surface area contributed by atoms with E-state index >= 15 is 0 Å². The van der Waals surface area contributed by atoms with Crippen LogP contribution in [0.1, 0.15) is 38.2 Å². The molecule has 1 aromatic rings. The number of thiocarbonyl (C=S) groups is 1. The maximum absolute atomic E-state index is 13.5. The van der Waals surface area contributed by atoms with E-state index in [1.54, 1.807) is 13.0 Å². The van der Waals surface area contributed by atoms with E-state index in [1.165, 1.54) is 31.7 Å². The van der Waals surface area contributed by atoms with Gasteiger partial charge in [-0.1, -0.05) is 18.9 Å². The number of rotatable bonds is 1. The Morgan fingerprint density at radius 2 is 2.16 bits per heavy atom. The van der Waals surface area contributed by atoms with Crippen molar-refractivity contribution in [2.45, 2.75) is 45.6 Å². The van der Waals surface area contributed by atoms with E-state index in [0.29, 0.717) is 16.7 Å². The summed E-state index contributed by atoms with van der Waals surface area (Å²) in [6, 6.07) is 5.60. The van der Waals surface area contributed by atoms with Crippen LogP contribution in [0.4, 0.5) is 10.1 Å². The maximum atomic E-state index is 13.5. The van der Waals surface area contributed by atoms with Crippen LogP contribution in [-0.4, -0.2) is 22.6 Å². The summed E-state index contributed by atoms with van der Waals surface area (Å²) >= 11 is 5.46. The first-order valence-corrected chi connectivity index (χ1v) is 7.32. The Morgan fingerprint density at radius 3 is 2.89 bits per heavy atom. The minimum absolute atomic E-state index is 0.197. The van der Waals surface area contributed by atoms with Crippen LogP contribution < -0.4 is 5.32 Å². The maximum Gasteiger partial charge on any atom is 0.173 e. The smallest absolute Gasteiger partial charge is 0.173 e. The van der Waals surface area contributed by atoms with E-state index in [1.807, 2.05) is 6.07 Å². The molecule has 0 amide bonds. The Bertz CT molecular complexity index is 461. The molecule has 104 valence electrons. The summed E-state index contributed by atoms with van der Waals surface area (Å²) in [5.41, 5.74) is 1.38. The summed E-state index contributed by atoms with van der Waals surface area (Å²) in [5.74, 6) is -0.197. The van der Waals surface area contributed by atoms with Gasteiger partial charge in [0.1, 0.15) is 5.82 Å². The van der Waals surface area contributed by atoms with Gasteiger partial charge in [-0.2, -0.15) is 0 Å². The van der Waals surface area contributed by atoms with Gasteiger partial charge in [-0.25, -0.2) is 4.39 Å². The third kappa shape index (κ3) is 3.66. The van der Waals surface area contributed by atoms with Crippen molar-refractivity contribution >= 4 is 23.0 Å². The minimum atomic E-state index is -0.197. The molecule has 0 aliphatic carbocycles. The Kier molecular flexibility index (Phi) is 4.75. The molecule has 2 rings (SSSR count). The lowest BCUT2D eigenvalue weighted by atomic mass is 10.1. The van der Waals surface area contributed by atoms with Gasteiger partial charge in [0.05, 0.1) is 0 Å². The van der Waals surface area contributed by atoms with Crippen LogP contribution in [0.25, 0.3) is 0 Å². The molecule has 4 heteroatoms. The van der Waals surface area contributed by atoms with E-state index in [4.69, 9.17) is 12.2 Å². The van der Waals surface area contributed by atoms with E-state index in [2.05, 4.69) is 17.1 Å². The molecule has 1 fully saturated rings. The number of aryl methyl sites for hydroxylation is 1. The normalized spacial score (nSPS) is 19.9. The van der Waals surface area contributed by atoms with Gasteiger partial charge in [0.25, 0.3) is 0 Å². The molecule has 1 aromatic carbocycles. The molecule has 1 heterocycles. The van der Waals surface area contributed by atoms with Crippen molar-refractivity contribution in [1.82, 2.24) is 4.90 Å². The fourth-order valence-corrected chi connectivity index (χ4v) is 2.83. The summed E-state index contributed by atoms with van der Waals surface area (Å²) in [4.78, 5) is 2.22. The van der Waals surface area contributed by atoms with Crippen LogP contribution in [0.3, 0.4) is 0 Å². The number of likely N-dealkylation sites (tertiary alicyclic amines) is 1. The lowest BCUT2D eigenvalue weighted by Crippen LogP contribution is -2.40. The topological polar surface area (TPSA) is 15.3 Å². The van der Waals surface area contributed by atoms with Gasteiger partial charge in [-0.05, 0) is 56.6 Å². The second-order valence-corrected chi connectivity index (χ2v) is 5.67. The van der Waals surface area contributed by atoms with Gasteiger partial charge in [0, 0.05) is 18.3 Å². The highest BCUT2D eigenvalue weighted by Gasteiger charge is 2.19. The third-order valence-corrected chi connectivity index (χ3v) is 4.07. The molecule has 0 spiro atoms. The molecule has 0 radical (unpaired) electrons. The number of hydrogen-bond acceptors (Lipinski definition) is 1. The molecule has 2 nitrogen and oxygen atoms in total. The van der Waals surface area contributed by atoms with E-state index in [0.717, 1.165) is 12.2 Å². The summed E-state index contributed by atoms with van der Waals surface area (Å²) in [5, 5.41) is 3.86. The molecule has 1 aliphatic rings. The van der Waals surface area contributed by atoms with E-state index in [9.17, 15) is 4.39 Å². The van der Waals surface area contributed by atoms with Crippen molar-refractivity contribution in [1.29, 1.82) is 0 Å². The largest absolute Gasteiger partial charge is 0.346 e. The van der Waals surface area contributed by atoms with Crippen molar-refractivity contribution < 1.29 is 4.39 Å². The molecular weight excluding hydrogens is 259 g/mol. The highest BCUT2D eigenvalue weighted by molar-refractivity contribution is 7.80. The predicted molar refractivity (Wildman–Crippen MR) is 82.0 cm³/mol. The lowest BCUT2D eigenvalue weighted by molar-refractivity contribution is 0.341. The van der Waals surface area contributed by atoms with Crippen LogP contribution >= 0.6 is 12.2 Å². The molecule has 1 saturated heterocycles. The number of halogens is 1. The van der Waals surface area contributed by atoms with E-state index in [-0.39, 0.29) is 5.82 Å². The fraction of sp³-hybridized carbons (Fsp3) is 0.533. The number of nitrogens with one attached hydrogen (secondary N) is 1. The zero-order valence-corrected chi connectivity index (χ0v) is 12.4. The Labute approximate surface area is 120 Å². The standard InChI is InChI=1S/C15H21FN2S/c1-11-7-8-13(10-14(11)16)17-15(19)18-9-5-3-4-6-12(18)2/h7-8,10,12H,3-6,9H2,1-2H3,(H,17,19). The highest BCUT2D eigenvalue weighted by Crippen LogP contribution is 2.19. The first-order valence-electron chi connectivity index (χ1n) is 6.91. The average Bonchev–Trinajstić information content (AvgIpc) is 2.58.